The van der Waals surface area contributed by atoms with Gasteiger partial charge in [-0.2, -0.15) is 4.37 Å². The first-order valence-electron chi connectivity index (χ1n) is 7.13. The Morgan fingerprint density at radius 2 is 1.79 bits per heavy atom. The van der Waals surface area contributed by atoms with Gasteiger partial charge in [-0.1, -0.05) is 25.7 Å². The fourth-order valence-corrected chi connectivity index (χ4v) is 3.46. The minimum atomic E-state index is -0.259. The number of aromatic nitrogens is 2. The molecule has 4 nitrogen and oxygen atoms in total. The highest BCUT2D eigenvalue weighted by Gasteiger charge is 2.36. The molecule has 0 unspecified atom stereocenters. The number of rotatable bonds is 3. The summed E-state index contributed by atoms with van der Waals surface area (Å²) < 4.78 is 10.4. The molecule has 1 fully saturated rings. The van der Waals surface area contributed by atoms with Crippen molar-refractivity contribution in [1.29, 1.82) is 0 Å². The van der Waals surface area contributed by atoms with E-state index in [1.54, 1.807) is 7.11 Å². The van der Waals surface area contributed by atoms with Crippen LogP contribution in [-0.4, -0.2) is 22.0 Å². The molecule has 5 heteroatoms. The second kappa shape index (κ2) is 5.75. The quantitative estimate of drug-likeness (QED) is 0.853. The molecule has 0 aromatic carbocycles. The van der Waals surface area contributed by atoms with Crippen molar-refractivity contribution in [3.8, 4) is 0 Å². The maximum absolute atomic E-state index is 5.84. The van der Waals surface area contributed by atoms with E-state index >= 15 is 0 Å². The zero-order valence-corrected chi connectivity index (χ0v) is 13.3. The fourth-order valence-electron chi connectivity index (χ4n) is 2.60. The van der Waals surface area contributed by atoms with Crippen molar-refractivity contribution >= 4 is 16.7 Å². The summed E-state index contributed by atoms with van der Waals surface area (Å²) >= 11 is 1.44. The molecular weight excluding hydrogens is 258 g/mol. The normalized spacial score (nSPS) is 20.0. The summed E-state index contributed by atoms with van der Waals surface area (Å²) in [6.45, 7) is 6.39. The monoisotopic (exact) mass is 283 g/mol. The van der Waals surface area contributed by atoms with Gasteiger partial charge in [-0.3, -0.25) is 0 Å². The van der Waals surface area contributed by atoms with Crippen molar-refractivity contribution in [2.45, 2.75) is 70.4 Å². The fraction of sp³-hybridized carbons (Fsp3) is 0.857. The van der Waals surface area contributed by atoms with E-state index in [1.165, 1.54) is 37.2 Å². The van der Waals surface area contributed by atoms with Gasteiger partial charge in [0, 0.05) is 24.2 Å². The van der Waals surface area contributed by atoms with Crippen LogP contribution in [0.1, 0.15) is 65.1 Å². The summed E-state index contributed by atoms with van der Waals surface area (Å²) in [5.41, 5.74) is -0.245. The Morgan fingerprint density at radius 3 is 2.32 bits per heavy atom. The molecule has 0 aliphatic heterocycles. The van der Waals surface area contributed by atoms with Gasteiger partial charge in [-0.25, -0.2) is 4.98 Å². The Balaban J connectivity index is 2.19. The largest absolute Gasteiger partial charge is 0.370 e. The van der Waals surface area contributed by atoms with Crippen LogP contribution < -0.4 is 5.32 Å². The lowest BCUT2D eigenvalue weighted by Crippen LogP contribution is -2.30. The molecule has 0 amide bonds. The predicted octanol–water partition coefficient (Wildman–Crippen LogP) is 3.94. The minimum Gasteiger partial charge on any atom is -0.370 e. The van der Waals surface area contributed by atoms with Crippen molar-refractivity contribution in [1.82, 2.24) is 9.36 Å². The SMILES string of the molecule is COC1(c2nsc(NC(C)(C)C)n2)CCCCCC1. The van der Waals surface area contributed by atoms with Gasteiger partial charge < -0.3 is 10.1 Å². The number of nitrogens with zero attached hydrogens (tertiary/aromatic N) is 2. The Morgan fingerprint density at radius 1 is 1.16 bits per heavy atom. The standard InChI is InChI=1S/C14H25N3OS/c1-13(2,3)16-12-15-11(17-19-12)14(18-4)9-7-5-6-8-10-14/h5-10H2,1-4H3,(H,15,16,17). The molecule has 0 radical (unpaired) electrons. The maximum Gasteiger partial charge on any atom is 0.203 e. The molecule has 0 atom stereocenters. The van der Waals surface area contributed by atoms with Gasteiger partial charge >= 0.3 is 0 Å². The van der Waals surface area contributed by atoms with Crippen molar-refractivity contribution in [3.05, 3.63) is 5.82 Å². The molecule has 0 saturated heterocycles. The first-order valence-corrected chi connectivity index (χ1v) is 7.90. The van der Waals surface area contributed by atoms with E-state index < -0.39 is 0 Å². The lowest BCUT2D eigenvalue weighted by atomic mass is 9.93. The van der Waals surface area contributed by atoms with Gasteiger partial charge in [0.15, 0.2) is 5.82 Å². The van der Waals surface area contributed by atoms with Gasteiger partial charge in [0.05, 0.1) is 0 Å². The van der Waals surface area contributed by atoms with E-state index in [9.17, 15) is 0 Å². The van der Waals surface area contributed by atoms with Crippen LogP contribution in [0.25, 0.3) is 0 Å². The number of nitrogens with one attached hydrogen (secondary N) is 1. The molecule has 2 rings (SSSR count). The second-order valence-corrected chi connectivity index (χ2v) is 7.16. The Bertz CT molecular complexity index is 403. The van der Waals surface area contributed by atoms with E-state index in [1.807, 2.05) is 0 Å². The number of anilines is 1. The van der Waals surface area contributed by atoms with Crippen LogP contribution in [0, 0.1) is 0 Å². The van der Waals surface area contributed by atoms with Crippen LogP contribution in [-0.2, 0) is 10.3 Å². The number of hydrogen-bond donors (Lipinski definition) is 1. The summed E-state index contributed by atoms with van der Waals surface area (Å²) in [4.78, 5) is 4.68. The van der Waals surface area contributed by atoms with Crippen LogP contribution in [0.5, 0.6) is 0 Å². The van der Waals surface area contributed by atoms with Gasteiger partial charge in [0.25, 0.3) is 0 Å². The van der Waals surface area contributed by atoms with Crippen LogP contribution in [0.4, 0.5) is 5.13 Å². The van der Waals surface area contributed by atoms with E-state index in [0.29, 0.717) is 0 Å². The van der Waals surface area contributed by atoms with Crippen LogP contribution >= 0.6 is 11.5 Å². The van der Waals surface area contributed by atoms with Gasteiger partial charge in [0.2, 0.25) is 5.13 Å². The average molecular weight is 283 g/mol. The van der Waals surface area contributed by atoms with Crippen molar-refractivity contribution in [2.24, 2.45) is 0 Å². The number of methoxy groups -OCH3 is 1. The topological polar surface area (TPSA) is 47.0 Å². The van der Waals surface area contributed by atoms with Crippen molar-refractivity contribution < 1.29 is 4.74 Å². The van der Waals surface area contributed by atoms with Gasteiger partial charge in [-0.15, -0.1) is 0 Å². The third-order valence-corrected chi connectivity index (χ3v) is 4.25. The van der Waals surface area contributed by atoms with E-state index in [4.69, 9.17) is 4.74 Å². The van der Waals surface area contributed by atoms with E-state index in [2.05, 4.69) is 35.4 Å². The predicted molar refractivity (Wildman–Crippen MR) is 79.7 cm³/mol. The molecule has 1 aromatic heterocycles. The summed E-state index contributed by atoms with van der Waals surface area (Å²) in [6.07, 6.45) is 7.07. The van der Waals surface area contributed by atoms with Crippen LogP contribution in [0.3, 0.4) is 0 Å². The second-order valence-electron chi connectivity index (χ2n) is 6.41. The highest BCUT2D eigenvalue weighted by molar-refractivity contribution is 7.09. The van der Waals surface area contributed by atoms with Crippen molar-refractivity contribution in [3.63, 3.8) is 0 Å². The summed E-state index contributed by atoms with van der Waals surface area (Å²) in [5.74, 6) is 0.869. The highest BCUT2D eigenvalue weighted by Crippen LogP contribution is 2.38. The summed E-state index contributed by atoms with van der Waals surface area (Å²) in [7, 11) is 1.79. The third kappa shape index (κ3) is 3.66. The molecule has 0 bridgehead atoms. The summed E-state index contributed by atoms with van der Waals surface area (Å²) in [5, 5.41) is 4.28. The Labute approximate surface area is 120 Å². The average Bonchev–Trinajstić information content (AvgIpc) is 2.64. The minimum absolute atomic E-state index is 0.0144. The molecule has 0 spiro atoms. The number of hydrogen-bond acceptors (Lipinski definition) is 5. The first-order chi connectivity index (χ1) is 8.95. The Hall–Kier alpha value is -0.680. The molecule has 1 heterocycles. The smallest absolute Gasteiger partial charge is 0.203 e. The van der Waals surface area contributed by atoms with Gasteiger partial charge in [-0.05, 0) is 33.6 Å². The lowest BCUT2D eigenvalue weighted by molar-refractivity contribution is -0.0341. The van der Waals surface area contributed by atoms with Crippen LogP contribution in [0.15, 0.2) is 0 Å². The summed E-state index contributed by atoms with van der Waals surface area (Å²) in [6, 6.07) is 0. The zero-order valence-electron chi connectivity index (χ0n) is 12.5. The first kappa shape index (κ1) is 14.7. The molecule has 1 N–H and O–H groups in total. The lowest BCUT2D eigenvalue weighted by Gasteiger charge is -2.28. The van der Waals surface area contributed by atoms with E-state index in [-0.39, 0.29) is 11.1 Å². The Kier molecular flexibility index (Phi) is 4.46. The molecule has 1 aliphatic rings. The third-order valence-electron chi connectivity index (χ3n) is 3.62. The van der Waals surface area contributed by atoms with Crippen LogP contribution in [0.2, 0.25) is 0 Å². The van der Waals surface area contributed by atoms with E-state index in [0.717, 1.165) is 23.8 Å². The molecule has 1 saturated carbocycles. The van der Waals surface area contributed by atoms with Crippen molar-refractivity contribution in [2.75, 3.05) is 12.4 Å². The molecule has 1 aliphatic carbocycles. The number of ether oxygens (including phenoxy) is 1. The zero-order chi connectivity index (χ0) is 13.9. The molecule has 1 aromatic rings. The van der Waals surface area contributed by atoms with Gasteiger partial charge in [0.1, 0.15) is 5.60 Å². The highest BCUT2D eigenvalue weighted by atomic mass is 32.1. The molecular formula is C14H25N3OS. The maximum atomic E-state index is 5.84. The molecule has 19 heavy (non-hydrogen) atoms. The molecule has 108 valence electrons.